The predicted octanol–water partition coefficient (Wildman–Crippen LogP) is 2.50. The number of benzene rings is 1. The first kappa shape index (κ1) is 11.7. The van der Waals surface area contributed by atoms with Crippen LogP contribution in [-0.2, 0) is 11.3 Å². The molecule has 2 rings (SSSR count). The number of hydrogen-bond donors (Lipinski definition) is 1. The van der Waals surface area contributed by atoms with E-state index in [0.29, 0.717) is 22.4 Å². The molecule has 0 aliphatic rings. The van der Waals surface area contributed by atoms with Gasteiger partial charge in [-0.25, -0.2) is 0 Å². The number of hydrogen-bond acceptors (Lipinski definition) is 2. The van der Waals surface area contributed by atoms with Crippen LogP contribution in [0.1, 0.15) is 15.9 Å². The Kier molecular flexibility index (Phi) is 2.90. The molecule has 2 aromatic rings. The second-order valence-corrected chi connectivity index (χ2v) is 4.25. The van der Waals surface area contributed by atoms with Crippen molar-refractivity contribution >= 4 is 34.8 Å². The van der Waals surface area contributed by atoms with Crippen LogP contribution in [0.3, 0.4) is 0 Å². The Labute approximate surface area is 102 Å². The van der Waals surface area contributed by atoms with Gasteiger partial charge in [0, 0.05) is 22.2 Å². The smallest absolute Gasteiger partial charge is 0.323 e. The Morgan fingerprint density at radius 3 is 2.82 bits per heavy atom. The first-order valence-electron chi connectivity index (χ1n) is 4.99. The van der Waals surface area contributed by atoms with E-state index < -0.39 is 5.97 Å². The molecule has 4 nitrogen and oxygen atoms in total. The second-order valence-electron chi connectivity index (χ2n) is 3.84. The molecule has 88 valence electrons. The molecule has 0 radical (unpaired) electrons. The van der Waals surface area contributed by atoms with Gasteiger partial charge in [-0.2, -0.15) is 0 Å². The third-order valence-electron chi connectivity index (χ3n) is 2.62. The fraction of sp³-hybridized carbons (Fsp3) is 0.167. The number of carboxylic acid groups (broad SMARTS) is 1. The normalized spacial score (nSPS) is 10.7. The SMILES string of the molecule is Cc1cc2c(C=O)cn(CC(=O)O)c2cc1Cl. The fourth-order valence-corrected chi connectivity index (χ4v) is 1.98. The molecule has 0 unspecified atom stereocenters. The van der Waals surface area contributed by atoms with Gasteiger partial charge in [0.15, 0.2) is 6.29 Å². The zero-order chi connectivity index (χ0) is 12.6. The summed E-state index contributed by atoms with van der Waals surface area (Å²) in [5.41, 5.74) is 1.99. The number of nitrogens with zero attached hydrogens (tertiary/aromatic N) is 1. The largest absolute Gasteiger partial charge is 0.480 e. The predicted molar refractivity (Wildman–Crippen MR) is 64.7 cm³/mol. The summed E-state index contributed by atoms with van der Waals surface area (Å²) >= 11 is 6.00. The Morgan fingerprint density at radius 1 is 1.53 bits per heavy atom. The molecular weight excluding hydrogens is 242 g/mol. The van der Waals surface area contributed by atoms with E-state index in [-0.39, 0.29) is 6.54 Å². The molecule has 0 amide bonds. The molecule has 0 aliphatic heterocycles. The molecule has 0 aliphatic carbocycles. The van der Waals surface area contributed by atoms with Crippen LogP contribution in [0.5, 0.6) is 0 Å². The zero-order valence-corrected chi connectivity index (χ0v) is 9.86. The number of rotatable bonds is 3. The number of aldehydes is 1. The monoisotopic (exact) mass is 251 g/mol. The Bertz CT molecular complexity index is 616. The van der Waals surface area contributed by atoms with Gasteiger partial charge in [-0.15, -0.1) is 0 Å². The van der Waals surface area contributed by atoms with Gasteiger partial charge >= 0.3 is 5.97 Å². The molecule has 5 heteroatoms. The average Bonchev–Trinajstić information content (AvgIpc) is 2.57. The first-order chi connectivity index (χ1) is 8.02. The molecule has 0 atom stereocenters. The maximum absolute atomic E-state index is 10.9. The Morgan fingerprint density at radius 2 is 2.24 bits per heavy atom. The minimum atomic E-state index is -0.962. The number of halogens is 1. The average molecular weight is 252 g/mol. The third kappa shape index (κ3) is 2.03. The van der Waals surface area contributed by atoms with E-state index in [1.54, 1.807) is 12.1 Å². The molecule has 1 aromatic heterocycles. The second kappa shape index (κ2) is 4.22. The Hall–Kier alpha value is -1.81. The van der Waals surface area contributed by atoms with Gasteiger partial charge in [0.25, 0.3) is 0 Å². The van der Waals surface area contributed by atoms with E-state index >= 15 is 0 Å². The quantitative estimate of drug-likeness (QED) is 0.853. The number of carbonyl (C=O) groups is 2. The summed E-state index contributed by atoms with van der Waals surface area (Å²) in [5.74, 6) is -0.962. The van der Waals surface area contributed by atoms with Crippen molar-refractivity contribution in [2.45, 2.75) is 13.5 Å². The minimum Gasteiger partial charge on any atom is -0.480 e. The van der Waals surface area contributed by atoms with Crippen LogP contribution in [0.4, 0.5) is 0 Å². The highest BCUT2D eigenvalue weighted by atomic mass is 35.5. The van der Waals surface area contributed by atoms with Gasteiger partial charge in [0.05, 0.1) is 5.52 Å². The van der Waals surface area contributed by atoms with Crippen LogP contribution in [0.25, 0.3) is 10.9 Å². The summed E-state index contributed by atoms with van der Waals surface area (Å²) < 4.78 is 1.51. The third-order valence-corrected chi connectivity index (χ3v) is 3.03. The number of carboxylic acids is 1. The number of carbonyl (C=O) groups excluding carboxylic acids is 1. The van der Waals surface area contributed by atoms with Crippen LogP contribution in [0.2, 0.25) is 5.02 Å². The van der Waals surface area contributed by atoms with Crippen molar-refractivity contribution in [3.8, 4) is 0 Å². The van der Waals surface area contributed by atoms with E-state index in [1.165, 1.54) is 10.8 Å². The molecule has 1 N–H and O–H groups in total. The van der Waals surface area contributed by atoms with Crippen molar-refractivity contribution in [3.05, 3.63) is 34.5 Å². The van der Waals surface area contributed by atoms with E-state index in [4.69, 9.17) is 16.7 Å². The zero-order valence-electron chi connectivity index (χ0n) is 9.11. The summed E-state index contributed by atoms with van der Waals surface area (Å²) in [6, 6.07) is 3.47. The lowest BCUT2D eigenvalue weighted by Gasteiger charge is -2.03. The van der Waals surface area contributed by atoms with Crippen LogP contribution < -0.4 is 0 Å². The molecule has 0 bridgehead atoms. The van der Waals surface area contributed by atoms with Crippen molar-refractivity contribution in [2.75, 3.05) is 0 Å². The lowest BCUT2D eigenvalue weighted by molar-refractivity contribution is -0.137. The fourth-order valence-electron chi connectivity index (χ4n) is 1.82. The molecule has 1 heterocycles. The highest BCUT2D eigenvalue weighted by Crippen LogP contribution is 2.27. The molecule has 0 spiro atoms. The number of aliphatic carboxylic acids is 1. The lowest BCUT2D eigenvalue weighted by Crippen LogP contribution is -2.07. The van der Waals surface area contributed by atoms with Crippen molar-refractivity contribution in [3.63, 3.8) is 0 Å². The van der Waals surface area contributed by atoms with E-state index in [1.807, 2.05) is 6.92 Å². The topological polar surface area (TPSA) is 59.3 Å². The van der Waals surface area contributed by atoms with Crippen molar-refractivity contribution in [1.82, 2.24) is 4.57 Å². The van der Waals surface area contributed by atoms with Gasteiger partial charge in [-0.1, -0.05) is 11.6 Å². The van der Waals surface area contributed by atoms with E-state index in [0.717, 1.165) is 10.9 Å². The number of aromatic nitrogens is 1. The molecule has 17 heavy (non-hydrogen) atoms. The highest BCUT2D eigenvalue weighted by Gasteiger charge is 2.11. The van der Waals surface area contributed by atoms with Crippen LogP contribution in [0, 0.1) is 6.92 Å². The lowest BCUT2D eigenvalue weighted by atomic mass is 10.1. The number of fused-ring (bicyclic) bond motifs is 1. The first-order valence-corrected chi connectivity index (χ1v) is 5.36. The molecule has 0 saturated heterocycles. The van der Waals surface area contributed by atoms with Crippen molar-refractivity contribution < 1.29 is 14.7 Å². The van der Waals surface area contributed by atoms with Crippen molar-refractivity contribution in [1.29, 1.82) is 0 Å². The standard InChI is InChI=1S/C12H10ClNO3/c1-7-2-9-8(6-15)4-14(5-12(16)17)11(9)3-10(7)13/h2-4,6H,5H2,1H3,(H,16,17). The van der Waals surface area contributed by atoms with Gasteiger partial charge in [0.1, 0.15) is 6.54 Å². The Balaban J connectivity index is 2.73. The minimum absolute atomic E-state index is 0.191. The van der Waals surface area contributed by atoms with E-state index in [9.17, 15) is 9.59 Å². The van der Waals surface area contributed by atoms with Gasteiger partial charge < -0.3 is 9.67 Å². The summed E-state index contributed by atoms with van der Waals surface area (Å²) in [7, 11) is 0. The van der Waals surface area contributed by atoms with Crippen LogP contribution in [0.15, 0.2) is 18.3 Å². The number of aryl methyl sites for hydroxylation is 1. The maximum Gasteiger partial charge on any atom is 0.323 e. The van der Waals surface area contributed by atoms with Crippen LogP contribution in [-0.4, -0.2) is 21.9 Å². The summed E-state index contributed by atoms with van der Waals surface area (Å²) in [6.45, 7) is 1.65. The van der Waals surface area contributed by atoms with Crippen molar-refractivity contribution in [2.24, 2.45) is 0 Å². The van der Waals surface area contributed by atoms with Gasteiger partial charge in [-0.3, -0.25) is 9.59 Å². The van der Waals surface area contributed by atoms with Gasteiger partial charge in [0.2, 0.25) is 0 Å². The molecular formula is C12H10ClNO3. The summed E-state index contributed by atoms with van der Waals surface area (Å²) in [6.07, 6.45) is 2.25. The summed E-state index contributed by atoms with van der Waals surface area (Å²) in [5, 5.41) is 10.1. The van der Waals surface area contributed by atoms with E-state index in [2.05, 4.69) is 0 Å². The summed E-state index contributed by atoms with van der Waals surface area (Å²) in [4.78, 5) is 21.6. The highest BCUT2D eigenvalue weighted by molar-refractivity contribution is 6.32. The molecule has 0 saturated carbocycles. The molecule has 1 aromatic carbocycles. The maximum atomic E-state index is 10.9. The van der Waals surface area contributed by atoms with Gasteiger partial charge in [-0.05, 0) is 24.6 Å². The van der Waals surface area contributed by atoms with Crippen LogP contribution >= 0.6 is 11.6 Å². The molecule has 0 fully saturated rings.